The minimum Gasteiger partial charge on any atom is -0.497 e. The minimum atomic E-state index is -0.213. The third kappa shape index (κ3) is 2.97. The van der Waals surface area contributed by atoms with E-state index in [0.717, 1.165) is 26.1 Å². The standard InChI is InChI=1S/C19H17N3O2S2/c1-3-15(17(23)12-8-10-13(24-2)11-9-12)25-18-20-21-19-22(18)14-6-4-5-7-16(14)26-19/h4-11,15H,3H2,1-2H3. The van der Waals surface area contributed by atoms with Crippen LogP contribution in [0, 0.1) is 0 Å². The van der Waals surface area contributed by atoms with Gasteiger partial charge in [0, 0.05) is 5.56 Å². The molecule has 7 heteroatoms. The van der Waals surface area contributed by atoms with Crippen molar-refractivity contribution in [3.8, 4) is 5.75 Å². The van der Waals surface area contributed by atoms with Crippen LogP contribution in [0.4, 0.5) is 0 Å². The van der Waals surface area contributed by atoms with Crippen molar-refractivity contribution >= 4 is 44.1 Å². The van der Waals surface area contributed by atoms with E-state index in [2.05, 4.69) is 22.3 Å². The molecule has 5 nitrogen and oxygen atoms in total. The Morgan fingerprint density at radius 2 is 1.96 bits per heavy atom. The Labute approximate surface area is 159 Å². The number of ether oxygens (including phenoxy) is 1. The summed E-state index contributed by atoms with van der Waals surface area (Å²) in [5, 5.41) is 9.13. The number of ketones is 1. The lowest BCUT2D eigenvalue weighted by molar-refractivity contribution is 0.0988. The van der Waals surface area contributed by atoms with Gasteiger partial charge in [-0.15, -0.1) is 10.2 Å². The molecular weight excluding hydrogens is 366 g/mol. The number of thioether (sulfide) groups is 1. The quantitative estimate of drug-likeness (QED) is 0.357. The van der Waals surface area contributed by atoms with Crippen LogP contribution in [0.2, 0.25) is 0 Å². The molecule has 26 heavy (non-hydrogen) atoms. The lowest BCUT2D eigenvalue weighted by atomic mass is 10.1. The number of thiazole rings is 1. The van der Waals surface area contributed by atoms with Gasteiger partial charge in [-0.2, -0.15) is 0 Å². The second kappa shape index (κ2) is 7.09. The van der Waals surface area contributed by atoms with Crippen molar-refractivity contribution in [2.24, 2.45) is 0 Å². The molecule has 4 rings (SSSR count). The van der Waals surface area contributed by atoms with Gasteiger partial charge in [0.2, 0.25) is 4.96 Å². The number of benzene rings is 2. The number of methoxy groups -OCH3 is 1. The van der Waals surface area contributed by atoms with Crippen molar-refractivity contribution in [2.75, 3.05) is 7.11 Å². The first kappa shape index (κ1) is 17.1. The number of carbonyl (C=O) groups excluding carboxylic acids is 1. The zero-order valence-corrected chi connectivity index (χ0v) is 16.0. The van der Waals surface area contributed by atoms with Gasteiger partial charge in [0.05, 0.1) is 22.6 Å². The Balaban J connectivity index is 1.65. The Morgan fingerprint density at radius 1 is 1.19 bits per heavy atom. The van der Waals surface area contributed by atoms with Gasteiger partial charge >= 0.3 is 0 Å². The van der Waals surface area contributed by atoms with Crippen LogP contribution < -0.4 is 4.74 Å². The minimum absolute atomic E-state index is 0.0939. The summed E-state index contributed by atoms with van der Waals surface area (Å²) in [6.45, 7) is 2.02. The monoisotopic (exact) mass is 383 g/mol. The number of fused-ring (bicyclic) bond motifs is 3. The molecule has 2 aromatic heterocycles. The highest BCUT2D eigenvalue weighted by Gasteiger charge is 2.23. The fraction of sp³-hybridized carbons (Fsp3) is 0.211. The number of Topliss-reactive ketones (excluding diaryl/α,β-unsaturated/α-hetero) is 1. The first-order valence-electron chi connectivity index (χ1n) is 8.29. The van der Waals surface area contributed by atoms with Gasteiger partial charge in [0.1, 0.15) is 5.75 Å². The number of para-hydroxylation sites is 1. The second-order valence-electron chi connectivity index (χ2n) is 5.78. The highest BCUT2D eigenvalue weighted by Crippen LogP contribution is 2.33. The molecule has 2 aromatic carbocycles. The van der Waals surface area contributed by atoms with Crippen LogP contribution in [-0.4, -0.2) is 32.7 Å². The van der Waals surface area contributed by atoms with Crippen molar-refractivity contribution in [1.29, 1.82) is 0 Å². The molecule has 0 aliphatic carbocycles. The van der Waals surface area contributed by atoms with E-state index in [9.17, 15) is 4.79 Å². The van der Waals surface area contributed by atoms with Crippen LogP contribution in [-0.2, 0) is 0 Å². The number of aromatic nitrogens is 3. The summed E-state index contributed by atoms with van der Waals surface area (Å²) in [5.74, 6) is 0.836. The van der Waals surface area contributed by atoms with Crippen molar-refractivity contribution in [2.45, 2.75) is 23.8 Å². The van der Waals surface area contributed by atoms with Crippen LogP contribution in [0.5, 0.6) is 5.75 Å². The zero-order chi connectivity index (χ0) is 18.1. The average Bonchev–Trinajstić information content (AvgIpc) is 3.25. The molecule has 1 unspecified atom stereocenters. The highest BCUT2D eigenvalue weighted by atomic mass is 32.2. The van der Waals surface area contributed by atoms with Gasteiger partial charge in [0.15, 0.2) is 10.9 Å². The van der Waals surface area contributed by atoms with E-state index in [4.69, 9.17) is 4.74 Å². The molecule has 0 radical (unpaired) electrons. The fourth-order valence-corrected chi connectivity index (χ4v) is 4.89. The molecule has 0 N–H and O–H groups in total. The molecule has 0 saturated heterocycles. The molecule has 0 amide bonds. The third-order valence-electron chi connectivity index (χ3n) is 4.20. The first-order valence-corrected chi connectivity index (χ1v) is 9.98. The SMILES string of the molecule is CCC(Sc1nnc2sc3ccccc3n12)C(=O)c1ccc(OC)cc1. The van der Waals surface area contributed by atoms with Crippen LogP contribution in [0.15, 0.2) is 53.7 Å². The Morgan fingerprint density at radius 3 is 2.69 bits per heavy atom. The summed E-state index contributed by atoms with van der Waals surface area (Å²) >= 11 is 3.08. The Bertz CT molecular complexity index is 1070. The van der Waals surface area contributed by atoms with Crippen LogP contribution >= 0.6 is 23.1 Å². The average molecular weight is 383 g/mol. The third-order valence-corrected chi connectivity index (χ3v) is 6.52. The molecule has 0 bridgehead atoms. The van der Waals surface area contributed by atoms with Crippen LogP contribution in [0.1, 0.15) is 23.7 Å². The van der Waals surface area contributed by atoms with Gasteiger partial charge in [-0.25, -0.2) is 0 Å². The van der Waals surface area contributed by atoms with Crippen LogP contribution in [0.3, 0.4) is 0 Å². The Kier molecular flexibility index (Phi) is 4.65. The molecule has 0 fully saturated rings. The second-order valence-corrected chi connectivity index (χ2v) is 7.96. The van der Waals surface area contributed by atoms with Crippen molar-refractivity contribution in [3.63, 3.8) is 0 Å². The highest BCUT2D eigenvalue weighted by molar-refractivity contribution is 8.00. The maximum absolute atomic E-state index is 12.9. The van der Waals surface area contributed by atoms with Gasteiger partial charge < -0.3 is 4.74 Å². The van der Waals surface area contributed by atoms with Crippen LogP contribution in [0.25, 0.3) is 15.2 Å². The van der Waals surface area contributed by atoms with E-state index in [-0.39, 0.29) is 11.0 Å². The molecule has 132 valence electrons. The van der Waals surface area contributed by atoms with Gasteiger partial charge in [-0.05, 0) is 42.8 Å². The van der Waals surface area contributed by atoms with E-state index in [0.29, 0.717) is 12.0 Å². The van der Waals surface area contributed by atoms with E-state index < -0.39 is 0 Å². The van der Waals surface area contributed by atoms with E-state index in [1.165, 1.54) is 11.8 Å². The largest absolute Gasteiger partial charge is 0.497 e. The van der Waals surface area contributed by atoms with Gasteiger partial charge in [0.25, 0.3) is 0 Å². The molecule has 0 spiro atoms. The Hall–Kier alpha value is -2.38. The molecule has 0 aliphatic heterocycles. The number of carbonyl (C=O) groups is 1. The summed E-state index contributed by atoms with van der Waals surface area (Å²) in [4.78, 5) is 13.8. The maximum Gasteiger partial charge on any atom is 0.217 e. The maximum atomic E-state index is 12.9. The molecule has 0 aliphatic rings. The first-order chi connectivity index (χ1) is 12.7. The normalized spacial score (nSPS) is 12.5. The molecule has 4 aromatic rings. The lowest BCUT2D eigenvalue weighted by Gasteiger charge is -2.12. The molecular formula is C19H17N3O2S2. The number of hydrogen-bond donors (Lipinski definition) is 0. The summed E-state index contributed by atoms with van der Waals surface area (Å²) in [7, 11) is 1.61. The molecule has 1 atom stereocenters. The summed E-state index contributed by atoms with van der Waals surface area (Å²) in [6, 6.07) is 15.4. The van der Waals surface area contributed by atoms with Crippen molar-refractivity contribution < 1.29 is 9.53 Å². The summed E-state index contributed by atoms with van der Waals surface area (Å²) in [6.07, 6.45) is 0.715. The van der Waals surface area contributed by atoms with E-state index in [1.807, 2.05) is 47.7 Å². The summed E-state index contributed by atoms with van der Waals surface area (Å²) < 4.78 is 8.36. The van der Waals surface area contributed by atoms with E-state index >= 15 is 0 Å². The van der Waals surface area contributed by atoms with Crippen molar-refractivity contribution in [3.05, 3.63) is 54.1 Å². The van der Waals surface area contributed by atoms with Gasteiger partial charge in [-0.3, -0.25) is 9.20 Å². The fourth-order valence-electron chi connectivity index (χ4n) is 2.82. The number of nitrogens with zero attached hydrogens (tertiary/aromatic N) is 3. The van der Waals surface area contributed by atoms with Gasteiger partial charge in [-0.1, -0.05) is 42.2 Å². The number of rotatable bonds is 6. The molecule has 0 saturated carbocycles. The van der Waals surface area contributed by atoms with E-state index in [1.54, 1.807) is 18.4 Å². The summed E-state index contributed by atoms with van der Waals surface area (Å²) in [5.41, 5.74) is 1.76. The topological polar surface area (TPSA) is 56.5 Å². The predicted octanol–water partition coefficient (Wildman–Crippen LogP) is 4.71. The zero-order valence-electron chi connectivity index (χ0n) is 14.4. The predicted molar refractivity (Wildman–Crippen MR) is 106 cm³/mol. The smallest absolute Gasteiger partial charge is 0.217 e. The van der Waals surface area contributed by atoms with Crippen molar-refractivity contribution in [1.82, 2.24) is 14.6 Å². The number of hydrogen-bond acceptors (Lipinski definition) is 6. The lowest BCUT2D eigenvalue weighted by Crippen LogP contribution is -2.17. The molecule has 2 heterocycles.